The first kappa shape index (κ1) is 16.0. The lowest BCUT2D eigenvalue weighted by Gasteiger charge is -2.33. The van der Waals surface area contributed by atoms with Crippen molar-refractivity contribution in [3.63, 3.8) is 0 Å². The zero-order chi connectivity index (χ0) is 15.6. The molecule has 1 unspecified atom stereocenters. The Hall–Kier alpha value is -1.40. The molecule has 21 heavy (non-hydrogen) atoms. The number of nitrogens with zero attached hydrogens (tertiary/aromatic N) is 3. The summed E-state index contributed by atoms with van der Waals surface area (Å²) in [6.07, 6.45) is 2.10. The van der Waals surface area contributed by atoms with Crippen molar-refractivity contribution in [3.8, 4) is 0 Å². The minimum absolute atomic E-state index is 0.239. The van der Waals surface area contributed by atoms with Crippen LogP contribution < -0.4 is 11.1 Å². The fourth-order valence-corrected chi connectivity index (χ4v) is 3.33. The van der Waals surface area contributed by atoms with Crippen LogP contribution in [-0.2, 0) is 11.8 Å². The molecule has 6 heteroatoms. The van der Waals surface area contributed by atoms with Crippen molar-refractivity contribution in [3.05, 3.63) is 17.0 Å². The fraction of sp³-hybridized carbons (Fsp3) is 0.733. The van der Waals surface area contributed by atoms with E-state index in [0.29, 0.717) is 18.6 Å². The molecule has 2 rings (SSSR count). The highest BCUT2D eigenvalue weighted by Gasteiger charge is 2.23. The Morgan fingerprint density at radius 3 is 2.52 bits per heavy atom. The number of aromatic nitrogens is 2. The Balaban J connectivity index is 1.90. The predicted molar refractivity (Wildman–Crippen MR) is 82.9 cm³/mol. The molecule has 1 aliphatic heterocycles. The molecule has 0 bridgehead atoms. The SMILES string of the molecule is Cc1nn(C)c(C)c1C(C)NC1CCN(CC(N)=O)CC1. The van der Waals surface area contributed by atoms with E-state index in [4.69, 9.17) is 5.73 Å². The van der Waals surface area contributed by atoms with E-state index in [2.05, 4.69) is 36.1 Å². The average molecular weight is 293 g/mol. The summed E-state index contributed by atoms with van der Waals surface area (Å²) in [5.41, 5.74) is 8.87. The Kier molecular flexibility index (Phi) is 5.00. The van der Waals surface area contributed by atoms with Crippen molar-refractivity contribution in [2.45, 2.75) is 45.7 Å². The molecule has 0 aliphatic carbocycles. The van der Waals surface area contributed by atoms with Gasteiger partial charge in [0.15, 0.2) is 0 Å². The maximum atomic E-state index is 10.9. The first-order valence-corrected chi connectivity index (χ1v) is 7.65. The molecule has 1 aliphatic rings. The van der Waals surface area contributed by atoms with Gasteiger partial charge in [0, 0.05) is 43.5 Å². The first-order chi connectivity index (χ1) is 9.88. The van der Waals surface area contributed by atoms with E-state index < -0.39 is 0 Å². The van der Waals surface area contributed by atoms with Crippen LogP contribution in [-0.4, -0.2) is 46.3 Å². The minimum atomic E-state index is -0.239. The first-order valence-electron chi connectivity index (χ1n) is 7.65. The van der Waals surface area contributed by atoms with Gasteiger partial charge in [0.25, 0.3) is 0 Å². The number of carbonyl (C=O) groups is 1. The Morgan fingerprint density at radius 1 is 1.43 bits per heavy atom. The average Bonchev–Trinajstić information content (AvgIpc) is 2.65. The highest BCUT2D eigenvalue weighted by atomic mass is 16.1. The topological polar surface area (TPSA) is 76.2 Å². The molecular weight excluding hydrogens is 266 g/mol. The van der Waals surface area contributed by atoms with Crippen LogP contribution in [0.5, 0.6) is 0 Å². The second-order valence-corrected chi connectivity index (χ2v) is 6.11. The number of likely N-dealkylation sites (tertiary alicyclic amines) is 1. The molecule has 3 N–H and O–H groups in total. The molecule has 1 amide bonds. The molecule has 0 spiro atoms. The van der Waals surface area contributed by atoms with Crippen LogP contribution in [0, 0.1) is 13.8 Å². The van der Waals surface area contributed by atoms with Crippen molar-refractivity contribution in [2.75, 3.05) is 19.6 Å². The Morgan fingerprint density at radius 2 is 2.05 bits per heavy atom. The summed E-state index contributed by atoms with van der Waals surface area (Å²) in [6, 6.07) is 0.787. The van der Waals surface area contributed by atoms with Gasteiger partial charge in [-0.25, -0.2) is 0 Å². The molecule has 1 saturated heterocycles. The van der Waals surface area contributed by atoms with Gasteiger partial charge >= 0.3 is 0 Å². The van der Waals surface area contributed by atoms with Crippen LogP contribution in [0.2, 0.25) is 0 Å². The summed E-state index contributed by atoms with van der Waals surface area (Å²) in [7, 11) is 1.99. The maximum absolute atomic E-state index is 10.9. The molecule has 118 valence electrons. The Bertz CT molecular complexity index is 502. The number of aryl methyl sites for hydroxylation is 2. The number of nitrogens with one attached hydrogen (secondary N) is 1. The fourth-order valence-electron chi connectivity index (χ4n) is 3.33. The third-order valence-electron chi connectivity index (χ3n) is 4.45. The van der Waals surface area contributed by atoms with E-state index >= 15 is 0 Å². The zero-order valence-corrected chi connectivity index (χ0v) is 13.5. The van der Waals surface area contributed by atoms with Crippen LogP contribution in [0.4, 0.5) is 0 Å². The van der Waals surface area contributed by atoms with Gasteiger partial charge in [-0.05, 0) is 33.6 Å². The third-order valence-corrected chi connectivity index (χ3v) is 4.45. The number of rotatable bonds is 5. The van der Waals surface area contributed by atoms with Crippen molar-refractivity contribution in [1.29, 1.82) is 0 Å². The standard InChI is InChI=1S/C15H27N5O/c1-10(15-11(2)18-19(4)12(15)3)17-13-5-7-20(8-6-13)9-14(16)21/h10,13,17H,5-9H2,1-4H3,(H2,16,21). The maximum Gasteiger partial charge on any atom is 0.231 e. The van der Waals surface area contributed by atoms with Gasteiger partial charge in [-0.3, -0.25) is 14.4 Å². The van der Waals surface area contributed by atoms with E-state index in [0.717, 1.165) is 31.6 Å². The summed E-state index contributed by atoms with van der Waals surface area (Å²) in [5, 5.41) is 8.19. The molecular formula is C15H27N5O. The third kappa shape index (κ3) is 3.83. The van der Waals surface area contributed by atoms with Gasteiger partial charge in [-0.15, -0.1) is 0 Å². The normalized spacial score (nSPS) is 18.9. The Labute approximate surface area is 126 Å². The molecule has 1 aromatic heterocycles. The van der Waals surface area contributed by atoms with Crippen molar-refractivity contribution >= 4 is 5.91 Å². The van der Waals surface area contributed by atoms with E-state index in [-0.39, 0.29) is 5.91 Å². The molecule has 1 aromatic rings. The number of carbonyl (C=O) groups excluding carboxylic acids is 1. The minimum Gasteiger partial charge on any atom is -0.369 e. The highest BCUT2D eigenvalue weighted by molar-refractivity contribution is 5.75. The monoisotopic (exact) mass is 293 g/mol. The van der Waals surface area contributed by atoms with Gasteiger partial charge < -0.3 is 11.1 Å². The van der Waals surface area contributed by atoms with Gasteiger partial charge in [-0.1, -0.05) is 0 Å². The molecule has 6 nitrogen and oxygen atoms in total. The van der Waals surface area contributed by atoms with Crippen molar-refractivity contribution < 1.29 is 4.79 Å². The lowest BCUT2D eigenvalue weighted by Crippen LogP contribution is -2.45. The number of nitrogens with two attached hydrogens (primary N) is 1. The van der Waals surface area contributed by atoms with E-state index in [1.807, 2.05) is 11.7 Å². The summed E-state index contributed by atoms with van der Waals surface area (Å²) in [4.78, 5) is 13.1. The van der Waals surface area contributed by atoms with E-state index in [1.165, 1.54) is 11.3 Å². The number of hydrogen-bond donors (Lipinski definition) is 2. The predicted octanol–water partition coefficient (Wildman–Crippen LogP) is 0.637. The number of amides is 1. The van der Waals surface area contributed by atoms with Crippen molar-refractivity contribution in [2.24, 2.45) is 12.8 Å². The summed E-state index contributed by atoms with van der Waals surface area (Å²) >= 11 is 0. The van der Waals surface area contributed by atoms with Crippen LogP contribution in [0.3, 0.4) is 0 Å². The van der Waals surface area contributed by atoms with Crippen LogP contribution in [0.1, 0.15) is 42.8 Å². The van der Waals surface area contributed by atoms with E-state index in [1.54, 1.807) is 0 Å². The van der Waals surface area contributed by atoms with Crippen LogP contribution in [0.25, 0.3) is 0 Å². The van der Waals surface area contributed by atoms with Gasteiger partial charge in [0.05, 0.1) is 12.2 Å². The summed E-state index contributed by atoms with van der Waals surface area (Å²) in [5.74, 6) is -0.239. The number of hydrogen-bond acceptors (Lipinski definition) is 4. The number of piperidine rings is 1. The summed E-state index contributed by atoms with van der Waals surface area (Å²) < 4.78 is 1.94. The highest BCUT2D eigenvalue weighted by Crippen LogP contribution is 2.22. The van der Waals surface area contributed by atoms with Crippen LogP contribution >= 0.6 is 0 Å². The zero-order valence-electron chi connectivity index (χ0n) is 13.5. The second-order valence-electron chi connectivity index (χ2n) is 6.11. The second kappa shape index (κ2) is 6.58. The van der Waals surface area contributed by atoms with Gasteiger partial charge in [0.2, 0.25) is 5.91 Å². The summed E-state index contributed by atoms with van der Waals surface area (Å²) in [6.45, 7) is 8.62. The van der Waals surface area contributed by atoms with Gasteiger partial charge in [0.1, 0.15) is 0 Å². The van der Waals surface area contributed by atoms with Crippen LogP contribution in [0.15, 0.2) is 0 Å². The molecule has 1 atom stereocenters. The smallest absolute Gasteiger partial charge is 0.231 e. The number of primary amides is 1. The molecule has 2 heterocycles. The van der Waals surface area contributed by atoms with Gasteiger partial charge in [-0.2, -0.15) is 5.10 Å². The molecule has 1 fully saturated rings. The quantitative estimate of drug-likeness (QED) is 0.835. The lowest BCUT2D eigenvalue weighted by molar-refractivity contribution is -0.119. The van der Waals surface area contributed by atoms with Crippen molar-refractivity contribution in [1.82, 2.24) is 20.0 Å². The molecule has 0 saturated carbocycles. The molecule has 0 radical (unpaired) electrons. The lowest BCUT2D eigenvalue weighted by atomic mass is 10.0. The molecule has 0 aromatic carbocycles. The van der Waals surface area contributed by atoms with E-state index in [9.17, 15) is 4.79 Å². The largest absolute Gasteiger partial charge is 0.369 e.